The van der Waals surface area contributed by atoms with Gasteiger partial charge in [-0.2, -0.15) is 0 Å². The third-order valence-electron chi connectivity index (χ3n) is 2.84. The molecule has 2 unspecified atom stereocenters. The zero-order valence-electron chi connectivity index (χ0n) is 7.88. The Morgan fingerprint density at radius 3 is 2.33 bits per heavy atom. The van der Waals surface area contributed by atoms with E-state index in [0.717, 1.165) is 12.8 Å². The molecule has 0 aromatic rings. The minimum Gasteiger partial charge on any atom is -0.327 e. The van der Waals surface area contributed by atoms with E-state index in [1.54, 1.807) is 6.92 Å². The average molecular weight is 169 g/mol. The van der Waals surface area contributed by atoms with Crippen LogP contribution in [-0.4, -0.2) is 11.8 Å². The number of hydrogen-bond acceptors (Lipinski definition) is 2. The van der Waals surface area contributed by atoms with Crippen LogP contribution in [0.3, 0.4) is 0 Å². The largest absolute Gasteiger partial charge is 0.327 e. The zero-order chi connectivity index (χ0) is 8.97. The molecule has 1 aliphatic rings. The monoisotopic (exact) mass is 169 g/mol. The van der Waals surface area contributed by atoms with Crippen LogP contribution in [0, 0.1) is 5.92 Å². The molecule has 2 nitrogen and oxygen atoms in total. The van der Waals surface area contributed by atoms with Crippen molar-refractivity contribution in [1.29, 1.82) is 0 Å². The number of rotatable bonds is 1. The first-order valence-corrected chi connectivity index (χ1v) is 4.98. The highest BCUT2D eigenvalue weighted by Crippen LogP contribution is 2.21. The molecule has 2 heteroatoms. The van der Waals surface area contributed by atoms with Gasteiger partial charge in [-0.25, -0.2) is 0 Å². The van der Waals surface area contributed by atoms with Crippen molar-refractivity contribution in [3.05, 3.63) is 0 Å². The van der Waals surface area contributed by atoms with Crippen LogP contribution in [0.5, 0.6) is 0 Å². The first kappa shape index (κ1) is 9.72. The average Bonchev–Trinajstić information content (AvgIpc) is 1.96. The number of ketones is 1. The maximum atomic E-state index is 11.2. The van der Waals surface area contributed by atoms with Crippen molar-refractivity contribution in [2.24, 2.45) is 11.7 Å². The van der Waals surface area contributed by atoms with Gasteiger partial charge < -0.3 is 5.73 Å². The summed E-state index contributed by atoms with van der Waals surface area (Å²) in [7, 11) is 0. The van der Waals surface area contributed by atoms with Gasteiger partial charge in [0.15, 0.2) is 0 Å². The van der Waals surface area contributed by atoms with E-state index in [2.05, 4.69) is 0 Å². The van der Waals surface area contributed by atoms with Crippen molar-refractivity contribution in [1.82, 2.24) is 0 Å². The summed E-state index contributed by atoms with van der Waals surface area (Å²) < 4.78 is 0. The van der Waals surface area contributed by atoms with Crippen molar-refractivity contribution in [3.8, 4) is 0 Å². The predicted molar refractivity (Wildman–Crippen MR) is 49.8 cm³/mol. The minimum atomic E-state index is 0.128. The van der Waals surface area contributed by atoms with Gasteiger partial charge in [-0.1, -0.05) is 25.7 Å². The number of carbonyl (C=O) groups excluding carboxylic acids is 1. The zero-order valence-corrected chi connectivity index (χ0v) is 7.88. The molecule has 0 saturated heterocycles. The first-order chi connectivity index (χ1) is 5.72. The SMILES string of the molecule is CC(=O)C1CCCCCCC1N. The second-order valence-electron chi connectivity index (χ2n) is 3.87. The lowest BCUT2D eigenvalue weighted by atomic mass is 9.85. The molecule has 2 atom stereocenters. The maximum Gasteiger partial charge on any atom is 0.134 e. The Labute approximate surface area is 74.5 Å². The number of Topliss-reactive ketones (excluding diaryl/α,β-unsaturated/α-hetero) is 1. The summed E-state index contributed by atoms with van der Waals surface area (Å²) in [6.07, 6.45) is 6.98. The molecule has 0 aromatic carbocycles. The van der Waals surface area contributed by atoms with E-state index in [1.165, 1.54) is 25.7 Å². The lowest BCUT2D eigenvalue weighted by Gasteiger charge is -2.23. The van der Waals surface area contributed by atoms with Gasteiger partial charge in [0.05, 0.1) is 0 Å². The quantitative estimate of drug-likeness (QED) is 0.651. The van der Waals surface area contributed by atoms with Crippen molar-refractivity contribution < 1.29 is 4.79 Å². The van der Waals surface area contributed by atoms with E-state index >= 15 is 0 Å². The third-order valence-corrected chi connectivity index (χ3v) is 2.84. The molecule has 0 amide bonds. The molecular formula is C10H19NO. The van der Waals surface area contributed by atoms with Crippen molar-refractivity contribution in [2.75, 3.05) is 0 Å². The van der Waals surface area contributed by atoms with Gasteiger partial charge in [0.1, 0.15) is 5.78 Å². The summed E-state index contributed by atoms with van der Waals surface area (Å²) in [6, 6.07) is 0.128. The van der Waals surface area contributed by atoms with Crippen LogP contribution < -0.4 is 5.73 Å². The molecule has 2 N–H and O–H groups in total. The summed E-state index contributed by atoms with van der Waals surface area (Å²) in [5.74, 6) is 0.426. The first-order valence-electron chi connectivity index (χ1n) is 4.98. The third kappa shape index (κ3) is 2.59. The molecule has 0 spiro atoms. The van der Waals surface area contributed by atoms with Crippen LogP contribution in [0.2, 0.25) is 0 Å². The highest BCUT2D eigenvalue weighted by Gasteiger charge is 2.22. The maximum absolute atomic E-state index is 11.2. The van der Waals surface area contributed by atoms with E-state index in [0.29, 0.717) is 0 Å². The van der Waals surface area contributed by atoms with E-state index in [9.17, 15) is 4.79 Å². The molecule has 1 rings (SSSR count). The molecule has 0 heterocycles. The van der Waals surface area contributed by atoms with Crippen LogP contribution in [0.4, 0.5) is 0 Å². The summed E-state index contributed by atoms with van der Waals surface area (Å²) in [5.41, 5.74) is 5.93. The fourth-order valence-electron chi connectivity index (χ4n) is 2.02. The Morgan fingerprint density at radius 1 is 1.17 bits per heavy atom. The van der Waals surface area contributed by atoms with Gasteiger partial charge in [-0.05, 0) is 19.8 Å². The van der Waals surface area contributed by atoms with Gasteiger partial charge in [-0.3, -0.25) is 4.79 Å². The van der Waals surface area contributed by atoms with Gasteiger partial charge >= 0.3 is 0 Å². The number of carbonyl (C=O) groups is 1. The number of hydrogen-bond donors (Lipinski definition) is 1. The summed E-state index contributed by atoms with van der Waals surface area (Å²) in [4.78, 5) is 11.2. The second-order valence-corrected chi connectivity index (χ2v) is 3.87. The van der Waals surface area contributed by atoms with Gasteiger partial charge in [0, 0.05) is 12.0 Å². The second kappa shape index (κ2) is 4.61. The Hall–Kier alpha value is -0.370. The Bertz CT molecular complexity index is 156. The molecule has 1 saturated carbocycles. The van der Waals surface area contributed by atoms with Crippen LogP contribution in [0.1, 0.15) is 45.4 Å². The topological polar surface area (TPSA) is 43.1 Å². The van der Waals surface area contributed by atoms with Gasteiger partial charge in [0.2, 0.25) is 0 Å². The molecule has 0 bridgehead atoms. The van der Waals surface area contributed by atoms with Crippen molar-refractivity contribution in [2.45, 2.75) is 51.5 Å². The minimum absolute atomic E-state index is 0.128. The fraction of sp³-hybridized carbons (Fsp3) is 0.900. The predicted octanol–water partition coefficient (Wildman–Crippen LogP) is 1.87. The Balaban J connectivity index is 2.48. The molecule has 0 aromatic heterocycles. The molecule has 1 fully saturated rings. The standard InChI is InChI=1S/C10H19NO/c1-8(12)9-6-4-2-3-5-7-10(9)11/h9-10H,2-7,11H2,1H3. The summed E-state index contributed by atoms with van der Waals surface area (Å²) in [6.45, 7) is 1.67. The lowest BCUT2D eigenvalue weighted by Crippen LogP contribution is -2.35. The van der Waals surface area contributed by atoms with Crippen LogP contribution >= 0.6 is 0 Å². The van der Waals surface area contributed by atoms with E-state index in [1.807, 2.05) is 0 Å². The van der Waals surface area contributed by atoms with Gasteiger partial charge in [0.25, 0.3) is 0 Å². The van der Waals surface area contributed by atoms with E-state index in [4.69, 9.17) is 5.73 Å². The van der Waals surface area contributed by atoms with Crippen LogP contribution in [0.15, 0.2) is 0 Å². The lowest BCUT2D eigenvalue weighted by molar-refractivity contribution is -0.121. The molecule has 12 heavy (non-hydrogen) atoms. The molecule has 1 aliphatic carbocycles. The molecule has 0 aliphatic heterocycles. The summed E-state index contributed by atoms with van der Waals surface area (Å²) in [5, 5.41) is 0. The van der Waals surface area contributed by atoms with E-state index in [-0.39, 0.29) is 17.7 Å². The smallest absolute Gasteiger partial charge is 0.134 e. The molecular weight excluding hydrogens is 150 g/mol. The van der Waals surface area contributed by atoms with Crippen LogP contribution in [0.25, 0.3) is 0 Å². The fourth-order valence-corrected chi connectivity index (χ4v) is 2.02. The normalized spacial score (nSPS) is 32.2. The van der Waals surface area contributed by atoms with Crippen LogP contribution in [-0.2, 0) is 4.79 Å². The highest BCUT2D eigenvalue weighted by atomic mass is 16.1. The molecule has 0 radical (unpaired) electrons. The summed E-state index contributed by atoms with van der Waals surface area (Å²) >= 11 is 0. The van der Waals surface area contributed by atoms with E-state index < -0.39 is 0 Å². The Kier molecular flexibility index (Phi) is 3.73. The number of nitrogens with two attached hydrogens (primary N) is 1. The van der Waals surface area contributed by atoms with Gasteiger partial charge in [-0.15, -0.1) is 0 Å². The highest BCUT2D eigenvalue weighted by molar-refractivity contribution is 5.78. The van der Waals surface area contributed by atoms with Crippen molar-refractivity contribution in [3.63, 3.8) is 0 Å². The van der Waals surface area contributed by atoms with Crippen molar-refractivity contribution >= 4 is 5.78 Å². The Morgan fingerprint density at radius 2 is 1.75 bits per heavy atom. The molecule has 70 valence electrons.